The quantitative estimate of drug-likeness (QED) is 0.781. The van der Waals surface area contributed by atoms with E-state index < -0.39 is 7.14 Å². The first-order valence-electron chi connectivity index (χ1n) is 7.68. The van der Waals surface area contributed by atoms with E-state index in [1.54, 1.807) is 0 Å². The number of anilines is 1. The molecule has 1 aromatic rings. The van der Waals surface area contributed by atoms with E-state index in [1.165, 1.54) is 5.56 Å². The van der Waals surface area contributed by atoms with Crippen molar-refractivity contribution in [3.05, 3.63) is 18.0 Å². The van der Waals surface area contributed by atoms with Gasteiger partial charge in [0.05, 0.1) is 7.14 Å². The van der Waals surface area contributed by atoms with E-state index >= 15 is 0 Å². The van der Waals surface area contributed by atoms with Crippen LogP contribution in [0.25, 0.3) is 0 Å². The van der Waals surface area contributed by atoms with Gasteiger partial charge in [0, 0.05) is 51.3 Å². The Labute approximate surface area is 128 Å². The minimum Gasteiger partial charge on any atom is -0.338 e. The van der Waals surface area contributed by atoms with Gasteiger partial charge in [0.2, 0.25) is 5.95 Å². The summed E-state index contributed by atoms with van der Waals surface area (Å²) in [7, 11) is -1.90. The first kappa shape index (κ1) is 16.4. The molecule has 1 aliphatic heterocycles. The van der Waals surface area contributed by atoms with E-state index in [2.05, 4.69) is 33.6 Å². The fourth-order valence-corrected chi connectivity index (χ4v) is 3.11. The number of hydrogen-bond donors (Lipinski definition) is 0. The Hall–Kier alpha value is -0.930. The highest BCUT2D eigenvalue weighted by molar-refractivity contribution is 7.62. The summed E-state index contributed by atoms with van der Waals surface area (Å²) >= 11 is 0. The van der Waals surface area contributed by atoms with Crippen molar-refractivity contribution in [2.75, 3.05) is 57.1 Å². The highest BCUT2D eigenvalue weighted by Gasteiger charge is 2.20. The fourth-order valence-electron chi connectivity index (χ4n) is 2.35. The minimum atomic E-state index is -1.90. The molecule has 5 nitrogen and oxygen atoms in total. The Morgan fingerprint density at radius 1 is 1.14 bits per heavy atom. The van der Waals surface area contributed by atoms with E-state index in [4.69, 9.17) is 0 Å². The highest BCUT2D eigenvalue weighted by atomic mass is 31.2. The molecule has 0 saturated carbocycles. The summed E-state index contributed by atoms with van der Waals surface area (Å²) in [6.45, 7) is 12.8. The topological polar surface area (TPSA) is 49.3 Å². The molecule has 0 aromatic carbocycles. The number of aromatic nitrogens is 2. The van der Waals surface area contributed by atoms with Gasteiger partial charge in [-0.15, -0.1) is 0 Å². The molecule has 0 aliphatic carbocycles. The van der Waals surface area contributed by atoms with Gasteiger partial charge in [-0.05, 0) is 24.8 Å². The molecule has 0 atom stereocenters. The molecule has 0 radical (unpaired) electrons. The SMILES string of the molecule is CC(C)c1cnc(N2CCN(CCP(C)(C)=O)CC2)nc1. The van der Waals surface area contributed by atoms with Crippen LogP contribution in [-0.4, -0.2) is 67.1 Å². The van der Waals surface area contributed by atoms with Crippen LogP contribution in [0.15, 0.2) is 12.4 Å². The molecule has 1 aliphatic rings. The molecule has 2 rings (SSSR count). The smallest absolute Gasteiger partial charge is 0.225 e. The predicted molar refractivity (Wildman–Crippen MR) is 89.1 cm³/mol. The van der Waals surface area contributed by atoms with Crippen molar-refractivity contribution in [2.24, 2.45) is 0 Å². The number of nitrogens with zero attached hydrogens (tertiary/aromatic N) is 4. The number of hydrogen-bond acceptors (Lipinski definition) is 5. The van der Waals surface area contributed by atoms with Gasteiger partial charge < -0.3 is 9.46 Å². The normalized spacial score (nSPS) is 17.5. The molecular weight excluding hydrogens is 283 g/mol. The van der Waals surface area contributed by atoms with Crippen molar-refractivity contribution in [1.82, 2.24) is 14.9 Å². The van der Waals surface area contributed by atoms with E-state index in [1.807, 2.05) is 25.7 Å². The zero-order valence-electron chi connectivity index (χ0n) is 13.6. The van der Waals surface area contributed by atoms with Crippen LogP contribution < -0.4 is 4.90 Å². The minimum absolute atomic E-state index is 0.467. The molecule has 1 saturated heterocycles. The van der Waals surface area contributed by atoms with Crippen molar-refractivity contribution in [3.8, 4) is 0 Å². The summed E-state index contributed by atoms with van der Waals surface area (Å²) in [5.74, 6) is 1.30. The molecule has 2 heterocycles. The maximum Gasteiger partial charge on any atom is 0.225 e. The van der Waals surface area contributed by atoms with Crippen LogP contribution in [0.2, 0.25) is 0 Å². The molecule has 21 heavy (non-hydrogen) atoms. The Morgan fingerprint density at radius 2 is 1.71 bits per heavy atom. The highest BCUT2D eigenvalue weighted by Crippen LogP contribution is 2.35. The van der Waals surface area contributed by atoms with Crippen LogP contribution in [0.4, 0.5) is 5.95 Å². The van der Waals surface area contributed by atoms with E-state index in [0.29, 0.717) is 5.92 Å². The van der Waals surface area contributed by atoms with Crippen molar-refractivity contribution in [1.29, 1.82) is 0 Å². The second-order valence-corrected chi connectivity index (χ2v) is 10.2. The predicted octanol–water partition coefficient (Wildman–Crippen LogP) is 2.34. The van der Waals surface area contributed by atoms with E-state index in [9.17, 15) is 4.57 Å². The summed E-state index contributed by atoms with van der Waals surface area (Å²) in [6.07, 6.45) is 4.68. The van der Waals surface area contributed by atoms with Crippen molar-refractivity contribution in [3.63, 3.8) is 0 Å². The molecule has 0 N–H and O–H groups in total. The Kier molecular flexibility index (Phi) is 5.39. The summed E-state index contributed by atoms with van der Waals surface area (Å²) in [6, 6.07) is 0. The monoisotopic (exact) mass is 310 g/mol. The maximum atomic E-state index is 11.8. The Bertz CT molecular complexity index is 489. The van der Waals surface area contributed by atoms with Crippen LogP contribution in [0.5, 0.6) is 0 Å². The van der Waals surface area contributed by atoms with Gasteiger partial charge in [-0.2, -0.15) is 0 Å². The lowest BCUT2D eigenvalue weighted by atomic mass is 10.1. The van der Waals surface area contributed by atoms with Crippen molar-refractivity contribution < 1.29 is 4.57 Å². The zero-order chi connectivity index (χ0) is 15.5. The van der Waals surface area contributed by atoms with Gasteiger partial charge in [-0.3, -0.25) is 4.90 Å². The molecule has 0 amide bonds. The van der Waals surface area contributed by atoms with Gasteiger partial charge in [-0.25, -0.2) is 9.97 Å². The Morgan fingerprint density at radius 3 is 2.19 bits per heavy atom. The second-order valence-electron chi connectivity index (χ2n) is 6.60. The molecule has 118 valence electrons. The first-order chi connectivity index (χ1) is 9.85. The van der Waals surface area contributed by atoms with Gasteiger partial charge in [0.25, 0.3) is 0 Å². The average molecular weight is 310 g/mol. The first-order valence-corrected chi connectivity index (χ1v) is 10.5. The zero-order valence-corrected chi connectivity index (χ0v) is 14.5. The molecule has 0 bridgehead atoms. The number of piperazine rings is 1. The lowest BCUT2D eigenvalue weighted by molar-refractivity contribution is 0.270. The van der Waals surface area contributed by atoms with Gasteiger partial charge in [0.1, 0.15) is 0 Å². The largest absolute Gasteiger partial charge is 0.338 e. The van der Waals surface area contributed by atoms with Crippen LogP contribution in [-0.2, 0) is 4.57 Å². The summed E-state index contributed by atoms with van der Waals surface area (Å²) in [5, 5.41) is 0. The third-order valence-corrected chi connectivity index (χ3v) is 5.21. The van der Waals surface area contributed by atoms with Gasteiger partial charge in [-0.1, -0.05) is 13.8 Å². The maximum absolute atomic E-state index is 11.8. The summed E-state index contributed by atoms with van der Waals surface area (Å²) in [4.78, 5) is 13.6. The molecule has 1 aromatic heterocycles. The number of rotatable bonds is 5. The molecule has 6 heteroatoms. The molecule has 0 spiro atoms. The van der Waals surface area contributed by atoms with Crippen LogP contribution >= 0.6 is 7.14 Å². The lowest BCUT2D eigenvalue weighted by Gasteiger charge is -2.35. The van der Waals surface area contributed by atoms with Crippen LogP contribution in [0.3, 0.4) is 0 Å². The van der Waals surface area contributed by atoms with Crippen molar-refractivity contribution >= 4 is 13.1 Å². The third kappa shape index (κ3) is 5.08. The standard InChI is InChI=1S/C15H27N4OP/c1-13(2)14-11-16-15(17-12-14)19-7-5-18(6-8-19)9-10-21(3,4)20/h11-13H,5-10H2,1-4H3. The van der Waals surface area contributed by atoms with Gasteiger partial charge in [0.15, 0.2) is 0 Å². The fraction of sp³-hybridized carbons (Fsp3) is 0.733. The van der Waals surface area contributed by atoms with Crippen LogP contribution in [0, 0.1) is 0 Å². The van der Waals surface area contributed by atoms with E-state index in [-0.39, 0.29) is 0 Å². The lowest BCUT2D eigenvalue weighted by Crippen LogP contribution is -2.47. The molecular formula is C15H27N4OP. The average Bonchev–Trinajstić information content (AvgIpc) is 2.45. The van der Waals surface area contributed by atoms with Crippen LogP contribution in [0.1, 0.15) is 25.3 Å². The second kappa shape index (κ2) is 6.89. The molecule has 0 unspecified atom stereocenters. The Balaban J connectivity index is 1.84. The van der Waals surface area contributed by atoms with Crippen molar-refractivity contribution in [2.45, 2.75) is 19.8 Å². The third-order valence-electron chi connectivity index (χ3n) is 3.93. The molecule has 1 fully saturated rings. The van der Waals surface area contributed by atoms with Gasteiger partial charge >= 0.3 is 0 Å². The summed E-state index contributed by atoms with van der Waals surface area (Å²) in [5.41, 5.74) is 1.18. The van der Waals surface area contributed by atoms with E-state index in [0.717, 1.165) is 44.8 Å². The summed E-state index contributed by atoms with van der Waals surface area (Å²) < 4.78 is 11.8.